The first-order chi connectivity index (χ1) is 17.3. The Bertz CT molecular complexity index is 1320. The standard InChI is InChI=1S/C28H32N2O5S/c1-4-35-23-15-13-22(14-16-23)30(36(32,33)27-18-20(2)12-17-26(27)34-3)19-28(31)29-25-11-7-9-21-8-5-6-10-24(21)25/h5-6,8,10,12-18,25H,4,7,9,11,19H2,1-3H3,(H,29,31)/t25-/m0/s1. The molecular weight excluding hydrogens is 476 g/mol. The van der Waals surface area contributed by atoms with Crippen LogP contribution in [-0.2, 0) is 21.2 Å². The second-order valence-corrected chi connectivity index (χ2v) is 10.6. The van der Waals surface area contributed by atoms with Gasteiger partial charge < -0.3 is 14.8 Å². The van der Waals surface area contributed by atoms with Gasteiger partial charge in [0.05, 0.1) is 25.4 Å². The maximum absolute atomic E-state index is 13.9. The van der Waals surface area contributed by atoms with Crippen molar-refractivity contribution in [3.8, 4) is 11.5 Å². The summed E-state index contributed by atoms with van der Waals surface area (Å²) in [6.45, 7) is 3.81. The molecule has 1 aliphatic rings. The highest BCUT2D eigenvalue weighted by Crippen LogP contribution is 2.33. The lowest BCUT2D eigenvalue weighted by molar-refractivity contribution is -0.120. The van der Waals surface area contributed by atoms with Gasteiger partial charge in [0.1, 0.15) is 22.9 Å². The molecule has 3 aromatic rings. The molecule has 0 fully saturated rings. The first kappa shape index (κ1) is 25.6. The molecule has 0 heterocycles. The van der Waals surface area contributed by atoms with Gasteiger partial charge in [-0.3, -0.25) is 9.10 Å². The number of ether oxygens (including phenoxy) is 2. The minimum atomic E-state index is -4.13. The van der Waals surface area contributed by atoms with Crippen molar-refractivity contribution in [2.45, 2.75) is 44.0 Å². The van der Waals surface area contributed by atoms with Gasteiger partial charge >= 0.3 is 0 Å². The topological polar surface area (TPSA) is 84.9 Å². The second kappa shape index (κ2) is 11.0. The number of fused-ring (bicyclic) bond motifs is 1. The summed E-state index contributed by atoms with van der Waals surface area (Å²) < 4.78 is 39.9. The second-order valence-electron chi connectivity index (χ2n) is 8.80. The Balaban J connectivity index is 1.67. The molecule has 0 saturated carbocycles. The summed E-state index contributed by atoms with van der Waals surface area (Å²) in [5, 5.41) is 3.07. The highest BCUT2D eigenvalue weighted by atomic mass is 32.2. The maximum Gasteiger partial charge on any atom is 0.268 e. The number of hydrogen-bond acceptors (Lipinski definition) is 5. The summed E-state index contributed by atoms with van der Waals surface area (Å²) in [6, 6.07) is 19.6. The van der Waals surface area contributed by atoms with E-state index in [-0.39, 0.29) is 29.1 Å². The summed E-state index contributed by atoms with van der Waals surface area (Å²) >= 11 is 0. The number of rotatable bonds is 9. The van der Waals surface area contributed by atoms with Crippen molar-refractivity contribution in [3.05, 3.63) is 83.4 Å². The molecule has 0 spiro atoms. The summed E-state index contributed by atoms with van der Waals surface area (Å²) in [4.78, 5) is 13.3. The molecule has 1 N–H and O–H groups in total. The van der Waals surface area contributed by atoms with Crippen molar-refractivity contribution in [2.75, 3.05) is 24.6 Å². The lowest BCUT2D eigenvalue weighted by atomic mass is 9.88. The Hall–Kier alpha value is -3.52. The first-order valence-electron chi connectivity index (χ1n) is 12.1. The fourth-order valence-corrected chi connectivity index (χ4v) is 6.23. The van der Waals surface area contributed by atoms with E-state index < -0.39 is 10.0 Å². The fourth-order valence-electron chi connectivity index (χ4n) is 4.57. The molecule has 0 saturated heterocycles. The number of amides is 1. The zero-order chi connectivity index (χ0) is 25.7. The Labute approximate surface area is 213 Å². The Morgan fingerprint density at radius 2 is 1.83 bits per heavy atom. The van der Waals surface area contributed by atoms with Gasteiger partial charge in [0.15, 0.2) is 0 Å². The molecule has 0 aromatic heterocycles. The lowest BCUT2D eigenvalue weighted by Crippen LogP contribution is -2.42. The number of nitrogens with zero attached hydrogens (tertiary/aromatic N) is 1. The van der Waals surface area contributed by atoms with Crippen LogP contribution in [0.5, 0.6) is 11.5 Å². The van der Waals surface area contributed by atoms with Crippen molar-refractivity contribution >= 4 is 21.6 Å². The van der Waals surface area contributed by atoms with E-state index in [9.17, 15) is 13.2 Å². The molecule has 1 atom stereocenters. The molecular formula is C28H32N2O5S. The SMILES string of the molecule is CCOc1ccc(N(CC(=O)N[C@H]2CCCc3ccccc32)S(=O)(=O)c2cc(C)ccc2OC)cc1. The number of sulfonamides is 1. The van der Waals surface area contributed by atoms with Gasteiger partial charge in [-0.1, -0.05) is 30.3 Å². The van der Waals surface area contributed by atoms with Gasteiger partial charge in [-0.2, -0.15) is 0 Å². The average Bonchev–Trinajstić information content (AvgIpc) is 2.88. The van der Waals surface area contributed by atoms with Gasteiger partial charge in [0, 0.05) is 0 Å². The third-order valence-corrected chi connectivity index (χ3v) is 8.11. The number of carbonyl (C=O) groups excluding carboxylic acids is 1. The normalized spacial score (nSPS) is 15.0. The Morgan fingerprint density at radius 3 is 2.56 bits per heavy atom. The number of methoxy groups -OCH3 is 1. The van der Waals surface area contributed by atoms with E-state index in [0.29, 0.717) is 18.0 Å². The van der Waals surface area contributed by atoms with E-state index in [1.54, 1.807) is 42.5 Å². The number of anilines is 1. The molecule has 190 valence electrons. The number of aryl methyl sites for hydroxylation is 2. The van der Waals surface area contributed by atoms with Crippen LogP contribution in [0, 0.1) is 6.92 Å². The van der Waals surface area contributed by atoms with Crippen molar-refractivity contribution < 1.29 is 22.7 Å². The first-order valence-corrected chi connectivity index (χ1v) is 13.5. The van der Waals surface area contributed by atoms with E-state index in [1.165, 1.54) is 12.7 Å². The van der Waals surface area contributed by atoms with E-state index >= 15 is 0 Å². The summed E-state index contributed by atoms with van der Waals surface area (Å²) in [7, 11) is -2.71. The smallest absolute Gasteiger partial charge is 0.268 e. The molecule has 1 aliphatic carbocycles. The zero-order valence-corrected chi connectivity index (χ0v) is 21.7. The molecule has 8 heteroatoms. The van der Waals surface area contributed by atoms with Crippen molar-refractivity contribution in [3.63, 3.8) is 0 Å². The molecule has 3 aromatic carbocycles. The quantitative estimate of drug-likeness (QED) is 0.449. The van der Waals surface area contributed by atoms with Crippen LogP contribution in [-0.4, -0.2) is 34.6 Å². The van der Waals surface area contributed by atoms with E-state index in [1.807, 2.05) is 32.0 Å². The molecule has 0 bridgehead atoms. The minimum absolute atomic E-state index is 0.00898. The molecule has 7 nitrogen and oxygen atoms in total. The van der Waals surface area contributed by atoms with Crippen LogP contribution in [0.4, 0.5) is 5.69 Å². The molecule has 0 radical (unpaired) electrons. The van der Waals surface area contributed by atoms with Crippen LogP contribution in [0.2, 0.25) is 0 Å². The highest BCUT2D eigenvalue weighted by molar-refractivity contribution is 7.93. The van der Waals surface area contributed by atoms with E-state index in [0.717, 1.165) is 34.7 Å². The van der Waals surface area contributed by atoms with Gasteiger partial charge in [-0.25, -0.2) is 8.42 Å². The summed E-state index contributed by atoms with van der Waals surface area (Å²) in [6.07, 6.45) is 2.75. The number of benzene rings is 3. The predicted molar refractivity (Wildman–Crippen MR) is 140 cm³/mol. The van der Waals surface area contributed by atoms with Crippen molar-refractivity contribution in [1.29, 1.82) is 0 Å². The molecule has 0 aliphatic heterocycles. The molecule has 0 unspecified atom stereocenters. The van der Waals surface area contributed by atoms with Crippen molar-refractivity contribution in [2.24, 2.45) is 0 Å². The average molecular weight is 509 g/mol. The Morgan fingerprint density at radius 1 is 1.08 bits per heavy atom. The summed E-state index contributed by atoms with van der Waals surface area (Å²) in [5.74, 6) is 0.467. The zero-order valence-electron chi connectivity index (χ0n) is 20.9. The fraction of sp³-hybridized carbons (Fsp3) is 0.321. The maximum atomic E-state index is 13.9. The van der Waals surface area contributed by atoms with Gasteiger partial charge in [0.25, 0.3) is 10.0 Å². The van der Waals surface area contributed by atoms with Gasteiger partial charge in [-0.15, -0.1) is 0 Å². The highest BCUT2D eigenvalue weighted by Gasteiger charge is 2.31. The van der Waals surface area contributed by atoms with Gasteiger partial charge in [0.2, 0.25) is 5.91 Å². The van der Waals surface area contributed by atoms with Crippen LogP contribution < -0.4 is 19.1 Å². The van der Waals surface area contributed by atoms with Crippen LogP contribution in [0.25, 0.3) is 0 Å². The van der Waals surface area contributed by atoms with E-state index in [4.69, 9.17) is 9.47 Å². The van der Waals surface area contributed by atoms with Crippen LogP contribution in [0.3, 0.4) is 0 Å². The third-order valence-electron chi connectivity index (χ3n) is 6.31. The monoisotopic (exact) mass is 508 g/mol. The molecule has 1 amide bonds. The minimum Gasteiger partial charge on any atom is -0.495 e. The lowest BCUT2D eigenvalue weighted by Gasteiger charge is -2.29. The summed E-state index contributed by atoms with van der Waals surface area (Å²) in [5.41, 5.74) is 3.44. The van der Waals surface area contributed by atoms with Crippen molar-refractivity contribution in [1.82, 2.24) is 5.32 Å². The van der Waals surface area contributed by atoms with Crippen LogP contribution >= 0.6 is 0 Å². The number of carbonyl (C=O) groups is 1. The van der Waals surface area contributed by atoms with Crippen LogP contribution in [0.1, 0.15) is 42.5 Å². The molecule has 36 heavy (non-hydrogen) atoms. The largest absolute Gasteiger partial charge is 0.495 e. The van der Waals surface area contributed by atoms with Gasteiger partial charge in [-0.05, 0) is 86.2 Å². The third kappa shape index (κ3) is 5.49. The number of hydrogen-bond donors (Lipinski definition) is 1. The van der Waals surface area contributed by atoms with Crippen LogP contribution in [0.15, 0.2) is 71.6 Å². The predicted octanol–water partition coefficient (Wildman–Crippen LogP) is 4.79. The number of nitrogens with one attached hydrogen (secondary N) is 1. The molecule has 4 rings (SSSR count). The Kier molecular flexibility index (Phi) is 7.84. The van der Waals surface area contributed by atoms with E-state index in [2.05, 4.69) is 11.4 Å².